The molecule has 0 unspecified atom stereocenters. The van der Waals surface area contributed by atoms with E-state index in [0.29, 0.717) is 17.9 Å². The summed E-state index contributed by atoms with van der Waals surface area (Å²) in [5, 5.41) is 4.67. The fraction of sp³-hybridized carbons (Fsp3) is 0.474. The van der Waals surface area contributed by atoms with Crippen molar-refractivity contribution in [3.8, 4) is 5.75 Å². The van der Waals surface area contributed by atoms with Crippen molar-refractivity contribution in [2.24, 2.45) is 0 Å². The summed E-state index contributed by atoms with van der Waals surface area (Å²) in [7, 11) is 0. The molecule has 0 spiro atoms. The van der Waals surface area contributed by atoms with E-state index in [1.807, 2.05) is 12.1 Å². The number of aromatic amines is 1. The highest BCUT2D eigenvalue weighted by Gasteiger charge is 2.29. The monoisotopic (exact) mass is 382 g/mol. The lowest BCUT2D eigenvalue weighted by atomic mass is 10.00. The molecule has 0 bridgehead atoms. The molecular weight excluding hydrogens is 360 g/mol. The number of fused-ring (bicyclic) bond motifs is 1. The van der Waals surface area contributed by atoms with Crippen LogP contribution in [0.4, 0.5) is 0 Å². The maximum absolute atomic E-state index is 12.5. The third kappa shape index (κ3) is 3.38. The lowest BCUT2D eigenvalue weighted by Crippen LogP contribution is -2.53. The Balaban J connectivity index is 1.28. The van der Waals surface area contributed by atoms with Crippen LogP contribution in [0, 0.1) is 0 Å². The Labute approximate surface area is 161 Å². The van der Waals surface area contributed by atoms with Gasteiger partial charge in [-0.15, -0.1) is 0 Å². The Morgan fingerprint density at radius 1 is 1.25 bits per heavy atom. The first kappa shape index (κ1) is 17.3. The largest absolute Gasteiger partial charge is 0.486 e. The maximum Gasteiger partial charge on any atom is 0.276 e. The molecular formula is C19H22N6O3. The second-order valence-electron chi connectivity index (χ2n) is 7.32. The number of pyridine rings is 1. The lowest BCUT2D eigenvalue weighted by Gasteiger charge is -2.38. The molecule has 0 aliphatic carbocycles. The molecule has 5 rings (SSSR count). The number of hydrogen-bond acceptors (Lipinski definition) is 7. The van der Waals surface area contributed by atoms with Gasteiger partial charge in [0.2, 0.25) is 0 Å². The number of nitrogens with one attached hydrogen (secondary N) is 1. The summed E-state index contributed by atoms with van der Waals surface area (Å²) < 4.78 is 13.0. The van der Waals surface area contributed by atoms with Crippen LogP contribution in [0.2, 0.25) is 0 Å². The molecule has 0 atom stereocenters. The normalized spacial score (nSPS) is 19.0. The number of rotatable bonds is 5. The lowest BCUT2D eigenvalue weighted by molar-refractivity contribution is 0.0125. The molecule has 0 amide bonds. The minimum Gasteiger partial charge on any atom is -0.486 e. The predicted molar refractivity (Wildman–Crippen MR) is 100 cm³/mol. The molecule has 28 heavy (non-hydrogen) atoms. The van der Waals surface area contributed by atoms with Gasteiger partial charge >= 0.3 is 0 Å². The van der Waals surface area contributed by atoms with E-state index in [0.717, 1.165) is 50.7 Å². The molecule has 9 nitrogen and oxygen atoms in total. The standard InChI is InChI=1S/C19H22N6O3/c26-19-16-9-21-18(13-3-6-27-7-4-13)25(16)23-17(22-19)12-24-10-15(11-24)28-14-2-1-5-20-8-14/h1-2,5,8-9,13,15H,3-4,6-7,10-12H2,(H,22,23,26). The third-order valence-corrected chi connectivity index (χ3v) is 5.30. The van der Waals surface area contributed by atoms with E-state index in [4.69, 9.17) is 9.47 Å². The van der Waals surface area contributed by atoms with Crippen LogP contribution in [0.25, 0.3) is 5.52 Å². The first-order valence-electron chi connectivity index (χ1n) is 9.60. The second kappa shape index (κ2) is 7.33. The molecule has 0 aromatic carbocycles. The van der Waals surface area contributed by atoms with Crippen molar-refractivity contribution in [3.05, 3.63) is 52.7 Å². The summed E-state index contributed by atoms with van der Waals surface area (Å²) in [5.74, 6) is 2.55. The quantitative estimate of drug-likeness (QED) is 0.702. The van der Waals surface area contributed by atoms with E-state index in [-0.39, 0.29) is 17.6 Å². The summed E-state index contributed by atoms with van der Waals surface area (Å²) in [6.07, 6.45) is 6.99. The molecule has 5 heterocycles. The molecule has 3 aromatic rings. The van der Waals surface area contributed by atoms with Crippen LogP contribution in [0.5, 0.6) is 5.75 Å². The zero-order chi connectivity index (χ0) is 18.9. The van der Waals surface area contributed by atoms with Gasteiger partial charge in [-0.3, -0.25) is 14.7 Å². The molecule has 3 aromatic heterocycles. The highest BCUT2D eigenvalue weighted by atomic mass is 16.5. The topological polar surface area (TPSA) is 97.6 Å². The van der Waals surface area contributed by atoms with Crippen molar-refractivity contribution in [2.75, 3.05) is 26.3 Å². The summed E-state index contributed by atoms with van der Waals surface area (Å²) in [6.45, 7) is 3.59. The van der Waals surface area contributed by atoms with Gasteiger partial charge < -0.3 is 14.5 Å². The highest BCUT2D eigenvalue weighted by Crippen LogP contribution is 2.25. The van der Waals surface area contributed by atoms with E-state index in [1.54, 1.807) is 23.1 Å². The van der Waals surface area contributed by atoms with Crippen LogP contribution < -0.4 is 10.3 Å². The van der Waals surface area contributed by atoms with Crippen molar-refractivity contribution in [1.29, 1.82) is 0 Å². The van der Waals surface area contributed by atoms with Crippen LogP contribution in [-0.4, -0.2) is 61.9 Å². The van der Waals surface area contributed by atoms with Crippen LogP contribution in [0.3, 0.4) is 0 Å². The number of likely N-dealkylation sites (tertiary alicyclic amines) is 1. The van der Waals surface area contributed by atoms with Gasteiger partial charge in [-0.05, 0) is 25.0 Å². The number of hydrogen-bond donors (Lipinski definition) is 1. The molecule has 146 valence electrons. The van der Waals surface area contributed by atoms with Crippen molar-refractivity contribution >= 4 is 5.52 Å². The number of aromatic nitrogens is 5. The van der Waals surface area contributed by atoms with Gasteiger partial charge in [-0.1, -0.05) is 0 Å². The van der Waals surface area contributed by atoms with Crippen molar-refractivity contribution < 1.29 is 9.47 Å². The van der Waals surface area contributed by atoms with Gasteiger partial charge in [0.25, 0.3) is 5.56 Å². The fourth-order valence-corrected chi connectivity index (χ4v) is 3.81. The van der Waals surface area contributed by atoms with Crippen LogP contribution in [0.15, 0.2) is 35.5 Å². The van der Waals surface area contributed by atoms with E-state index < -0.39 is 0 Å². The first-order chi connectivity index (χ1) is 13.8. The first-order valence-corrected chi connectivity index (χ1v) is 9.60. The average Bonchev–Trinajstić information content (AvgIpc) is 3.12. The van der Waals surface area contributed by atoms with Gasteiger partial charge in [-0.2, -0.15) is 5.10 Å². The minimum absolute atomic E-state index is 0.130. The Morgan fingerprint density at radius 2 is 2.11 bits per heavy atom. The van der Waals surface area contributed by atoms with E-state index in [2.05, 4.69) is 25.0 Å². The van der Waals surface area contributed by atoms with Gasteiger partial charge in [-0.25, -0.2) is 9.50 Å². The van der Waals surface area contributed by atoms with E-state index in [9.17, 15) is 4.79 Å². The smallest absolute Gasteiger partial charge is 0.276 e. The van der Waals surface area contributed by atoms with Crippen molar-refractivity contribution in [1.82, 2.24) is 29.5 Å². The molecule has 2 saturated heterocycles. The zero-order valence-electron chi connectivity index (χ0n) is 15.5. The third-order valence-electron chi connectivity index (χ3n) is 5.30. The van der Waals surface area contributed by atoms with Gasteiger partial charge in [0, 0.05) is 38.4 Å². The summed E-state index contributed by atoms with van der Waals surface area (Å²) in [6, 6.07) is 3.76. The van der Waals surface area contributed by atoms with Gasteiger partial charge in [0.1, 0.15) is 23.5 Å². The fourth-order valence-electron chi connectivity index (χ4n) is 3.81. The molecule has 2 fully saturated rings. The molecule has 2 aliphatic rings. The maximum atomic E-state index is 12.5. The van der Waals surface area contributed by atoms with Crippen LogP contribution >= 0.6 is 0 Å². The summed E-state index contributed by atoms with van der Waals surface area (Å²) in [5.41, 5.74) is 0.339. The van der Waals surface area contributed by atoms with Crippen LogP contribution in [0.1, 0.15) is 30.4 Å². The van der Waals surface area contributed by atoms with Gasteiger partial charge in [0.05, 0.1) is 18.9 Å². The second-order valence-corrected chi connectivity index (χ2v) is 7.32. The zero-order valence-corrected chi connectivity index (χ0v) is 15.5. The number of nitrogens with zero attached hydrogens (tertiary/aromatic N) is 5. The predicted octanol–water partition coefficient (Wildman–Crippen LogP) is 0.970. The average molecular weight is 382 g/mol. The number of H-pyrrole nitrogens is 1. The Morgan fingerprint density at radius 3 is 2.89 bits per heavy atom. The van der Waals surface area contributed by atoms with E-state index in [1.165, 1.54) is 0 Å². The number of ether oxygens (including phenoxy) is 2. The Hall–Kier alpha value is -2.78. The molecule has 2 aliphatic heterocycles. The van der Waals surface area contributed by atoms with Gasteiger partial charge in [0.15, 0.2) is 5.52 Å². The Kier molecular flexibility index (Phi) is 4.53. The molecule has 0 saturated carbocycles. The highest BCUT2D eigenvalue weighted by molar-refractivity contribution is 5.42. The summed E-state index contributed by atoms with van der Waals surface area (Å²) >= 11 is 0. The van der Waals surface area contributed by atoms with Crippen molar-refractivity contribution in [2.45, 2.75) is 31.4 Å². The molecule has 1 N–H and O–H groups in total. The SMILES string of the molecule is O=c1[nH]c(CN2CC(Oc3cccnc3)C2)nn2c(C3CCOCC3)ncc12. The molecule has 9 heteroatoms. The van der Waals surface area contributed by atoms with E-state index >= 15 is 0 Å². The summed E-state index contributed by atoms with van der Waals surface area (Å²) in [4.78, 5) is 26.1. The Bertz CT molecular complexity index is 1010. The van der Waals surface area contributed by atoms with Crippen LogP contribution in [-0.2, 0) is 11.3 Å². The number of imidazole rings is 1. The van der Waals surface area contributed by atoms with Crippen molar-refractivity contribution in [3.63, 3.8) is 0 Å². The minimum atomic E-state index is -0.153. The molecule has 0 radical (unpaired) electrons.